The lowest BCUT2D eigenvalue weighted by molar-refractivity contribution is -0.115. The molecule has 1 fully saturated rings. The Morgan fingerprint density at radius 3 is 2.36 bits per heavy atom. The quantitative estimate of drug-likeness (QED) is 0.408. The molecule has 1 aliphatic heterocycles. The summed E-state index contributed by atoms with van der Waals surface area (Å²) in [7, 11) is 0. The molecule has 0 atom stereocenters. The average Bonchev–Trinajstić information content (AvgIpc) is 3.12. The number of nitrogens with zero attached hydrogens (tertiary/aromatic N) is 1. The van der Waals surface area contributed by atoms with E-state index in [4.69, 9.17) is 12.2 Å². The maximum atomic E-state index is 13.1. The van der Waals surface area contributed by atoms with Crippen molar-refractivity contribution in [1.82, 2.24) is 10.2 Å². The van der Waals surface area contributed by atoms with E-state index in [2.05, 4.69) is 10.6 Å². The molecule has 168 valence electrons. The van der Waals surface area contributed by atoms with Gasteiger partial charge in [-0.1, -0.05) is 67.4 Å². The smallest absolute Gasteiger partial charge is 0.255 e. The van der Waals surface area contributed by atoms with Crippen LogP contribution in [-0.2, 0) is 4.79 Å². The average molecular weight is 458 g/mol. The van der Waals surface area contributed by atoms with Crippen molar-refractivity contribution in [3.63, 3.8) is 0 Å². The van der Waals surface area contributed by atoms with Crippen molar-refractivity contribution in [2.45, 2.75) is 25.7 Å². The standard InChI is InChI=1S/C27H27N3O2S/c31-25(17-16-21-12-9-11-20-10-3-4-13-22(20)21)29-27(33)28-24-15-6-5-14-23(24)26(32)30-18-7-1-2-8-19-30/h3-6,9-17H,1-2,7-8,18-19H2,(H2,28,29,31,33)/b17-16+. The van der Waals surface area contributed by atoms with Crippen LogP contribution in [0.15, 0.2) is 72.8 Å². The van der Waals surface area contributed by atoms with E-state index in [1.807, 2.05) is 59.5 Å². The number of benzene rings is 3. The first-order valence-electron chi connectivity index (χ1n) is 11.3. The molecule has 0 bridgehead atoms. The molecule has 5 nitrogen and oxygen atoms in total. The molecule has 0 saturated carbocycles. The number of amides is 2. The molecule has 0 unspecified atom stereocenters. The molecule has 1 saturated heterocycles. The number of nitrogens with one attached hydrogen (secondary N) is 2. The Hall–Kier alpha value is -3.51. The van der Waals surface area contributed by atoms with Gasteiger partial charge in [-0.3, -0.25) is 14.9 Å². The van der Waals surface area contributed by atoms with Gasteiger partial charge in [-0.25, -0.2) is 0 Å². The van der Waals surface area contributed by atoms with Crippen LogP contribution in [0.1, 0.15) is 41.6 Å². The van der Waals surface area contributed by atoms with Gasteiger partial charge in [0.15, 0.2) is 5.11 Å². The number of anilines is 1. The molecule has 3 aromatic carbocycles. The molecule has 0 aliphatic carbocycles. The van der Waals surface area contributed by atoms with E-state index in [0.717, 1.165) is 55.1 Å². The molecule has 6 heteroatoms. The molecule has 2 N–H and O–H groups in total. The van der Waals surface area contributed by atoms with Gasteiger partial charge in [-0.05, 0) is 59.6 Å². The van der Waals surface area contributed by atoms with Crippen LogP contribution in [0.3, 0.4) is 0 Å². The normalized spacial score (nSPS) is 14.1. The van der Waals surface area contributed by atoms with Crippen molar-refractivity contribution in [2.75, 3.05) is 18.4 Å². The summed E-state index contributed by atoms with van der Waals surface area (Å²) in [6.07, 6.45) is 7.61. The van der Waals surface area contributed by atoms with Crippen molar-refractivity contribution >= 4 is 51.7 Å². The molecule has 0 spiro atoms. The van der Waals surface area contributed by atoms with Gasteiger partial charge in [0.2, 0.25) is 5.91 Å². The number of carbonyl (C=O) groups excluding carboxylic acids is 2. The molecule has 4 rings (SSSR count). The van der Waals surface area contributed by atoms with Crippen LogP contribution in [0.4, 0.5) is 5.69 Å². The van der Waals surface area contributed by atoms with Gasteiger partial charge in [0.1, 0.15) is 0 Å². The third-order valence-corrected chi connectivity index (χ3v) is 5.98. The fourth-order valence-corrected chi connectivity index (χ4v) is 4.30. The lowest BCUT2D eigenvalue weighted by Crippen LogP contribution is -2.35. The second-order valence-electron chi connectivity index (χ2n) is 8.10. The van der Waals surface area contributed by atoms with Gasteiger partial charge in [-0.2, -0.15) is 0 Å². The van der Waals surface area contributed by atoms with Crippen molar-refractivity contribution in [1.29, 1.82) is 0 Å². The summed E-state index contributed by atoms with van der Waals surface area (Å²) in [6.45, 7) is 1.54. The van der Waals surface area contributed by atoms with Crippen molar-refractivity contribution in [3.05, 3.63) is 83.9 Å². The summed E-state index contributed by atoms with van der Waals surface area (Å²) in [4.78, 5) is 27.4. The Morgan fingerprint density at radius 2 is 1.55 bits per heavy atom. The zero-order valence-electron chi connectivity index (χ0n) is 18.4. The summed E-state index contributed by atoms with van der Waals surface area (Å²) in [5.74, 6) is -0.346. The SMILES string of the molecule is O=C(/C=C/c1cccc2ccccc12)NC(=S)Nc1ccccc1C(=O)N1CCCCCC1. The Labute approximate surface area is 199 Å². The van der Waals surface area contributed by atoms with E-state index in [9.17, 15) is 9.59 Å². The van der Waals surface area contributed by atoms with Crippen LogP contribution in [0.25, 0.3) is 16.8 Å². The monoisotopic (exact) mass is 457 g/mol. The molecule has 0 aromatic heterocycles. The molecule has 1 aliphatic rings. The number of hydrogen-bond acceptors (Lipinski definition) is 3. The fourth-order valence-electron chi connectivity index (χ4n) is 4.09. The van der Waals surface area contributed by atoms with Gasteiger partial charge in [-0.15, -0.1) is 0 Å². The Bertz CT molecular complexity index is 1190. The second kappa shape index (κ2) is 10.9. The summed E-state index contributed by atoms with van der Waals surface area (Å²) in [5.41, 5.74) is 2.10. The third-order valence-electron chi connectivity index (χ3n) is 5.77. The van der Waals surface area contributed by atoms with Crippen molar-refractivity contribution in [2.24, 2.45) is 0 Å². The van der Waals surface area contributed by atoms with E-state index in [0.29, 0.717) is 11.3 Å². The molecule has 3 aromatic rings. The predicted molar refractivity (Wildman–Crippen MR) is 138 cm³/mol. The van der Waals surface area contributed by atoms with Crippen LogP contribution in [-0.4, -0.2) is 34.9 Å². The zero-order valence-corrected chi connectivity index (χ0v) is 19.2. The molecule has 2 amide bonds. The predicted octanol–water partition coefficient (Wildman–Crippen LogP) is 5.38. The van der Waals surface area contributed by atoms with E-state index in [1.54, 1.807) is 18.2 Å². The van der Waals surface area contributed by atoms with Crippen LogP contribution in [0, 0.1) is 0 Å². The summed E-state index contributed by atoms with van der Waals surface area (Å²) in [6, 6.07) is 21.3. The lowest BCUT2D eigenvalue weighted by atomic mass is 10.0. The third kappa shape index (κ3) is 5.84. The highest BCUT2D eigenvalue weighted by Crippen LogP contribution is 2.21. The number of carbonyl (C=O) groups is 2. The van der Waals surface area contributed by atoms with Gasteiger partial charge in [0, 0.05) is 19.2 Å². The minimum Gasteiger partial charge on any atom is -0.339 e. The van der Waals surface area contributed by atoms with Crippen molar-refractivity contribution in [3.8, 4) is 0 Å². The van der Waals surface area contributed by atoms with Gasteiger partial charge in [0.05, 0.1) is 11.3 Å². The maximum Gasteiger partial charge on any atom is 0.255 e. The number of para-hydroxylation sites is 1. The fraction of sp³-hybridized carbons (Fsp3) is 0.222. The highest BCUT2D eigenvalue weighted by molar-refractivity contribution is 7.80. The lowest BCUT2D eigenvalue weighted by Gasteiger charge is -2.22. The van der Waals surface area contributed by atoms with Crippen LogP contribution in [0.2, 0.25) is 0 Å². The van der Waals surface area contributed by atoms with Gasteiger partial charge >= 0.3 is 0 Å². The van der Waals surface area contributed by atoms with E-state index in [1.165, 1.54) is 6.08 Å². The Kier molecular flexibility index (Phi) is 7.47. The van der Waals surface area contributed by atoms with Gasteiger partial charge < -0.3 is 10.2 Å². The van der Waals surface area contributed by atoms with E-state index < -0.39 is 0 Å². The van der Waals surface area contributed by atoms with Crippen molar-refractivity contribution < 1.29 is 9.59 Å². The topological polar surface area (TPSA) is 61.4 Å². The van der Waals surface area contributed by atoms with Crippen LogP contribution >= 0.6 is 12.2 Å². The van der Waals surface area contributed by atoms with E-state index >= 15 is 0 Å². The number of fused-ring (bicyclic) bond motifs is 1. The minimum atomic E-state index is -0.336. The molecular formula is C27H27N3O2S. The molecular weight excluding hydrogens is 430 g/mol. The number of thiocarbonyl (C=S) groups is 1. The second-order valence-corrected chi connectivity index (χ2v) is 8.51. The molecule has 0 radical (unpaired) electrons. The largest absolute Gasteiger partial charge is 0.339 e. The first-order valence-corrected chi connectivity index (χ1v) is 11.7. The molecule has 1 heterocycles. The summed E-state index contributed by atoms with van der Waals surface area (Å²) >= 11 is 5.34. The van der Waals surface area contributed by atoms with Gasteiger partial charge in [0.25, 0.3) is 5.91 Å². The van der Waals surface area contributed by atoms with E-state index in [-0.39, 0.29) is 16.9 Å². The summed E-state index contributed by atoms with van der Waals surface area (Å²) in [5, 5.41) is 8.04. The first-order chi connectivity index (χ1) is 16.1. The highest BCUT2D eigenvalue weighted by atomic mass is 32.1. The maximum absolute atomic E-state index is 13.1. The Balaban J connectivity index is 1.41. The van der Waals surface area contributed by atoms with Crippen LogP contribution < -0.4 is 10.6 Å². The first kappa shape index (κ1) is 22.7. The highest BCUT2D eigenvalue weighted by Gasteiger charge is 2.20. The number of rotatable bonds is 4. The number of hydrogen-bond donors (Lipinski definition) is 2. The van der Waals surface area contributed by atoms with Crippen LogP contribution in [0.5, 0.6) is 0 Å². The molecule has 33 heavy (non-hydrogen) atoms. The summed E-state index contributed by atoms with van der Waals surface area (Å²) < 4.78 is 0. The zero-order chi connectivity index (χ0) is 23.0. The number of likely N-dealkylation sites (tertiary alicyclic amines) is 1. The Morgan fingerprint density at radius 1 is 0.848 bits per heavy atom. The minimum absolute atomic E-state index is 0.00928.